The Morgan fingerprint density at radius 2 is 1.96 bits per heavy atom. The van der Waals surface area contributed by atoms with E-state index in [-0.39, 0.29) is 24.0 Å². The molecule has 138 valence electrons. The molecule has 1 aromatic rings. The highest BCUT2D eigenvalue weighted by molar-refractivity contribution is 14.0. The largest absolute Gasteiger partial charge is 0.355 e. The van der Waals surface area contributed by atoms with Gasteiger partial charge in [-0.3, -0.25) is 15.0 Å². The van der Waals surface area contributed by atoms with Crippen LogP contribution >= 0.6 is 24.0 Å². The van der Waals surface area contributed by atoms with E-state index in [1.54, 1.807) is 6.20 Å². The summed E-state index contributed by atoms with van der Waals surface area (Å²) in [6.07, 6.45) is 7.18. The molecule has 1 atom stereocenters. The Labute approximate surface area is 163 Å². The number of aromatic amines is 1. The monoisotopic (exact) mass is 448 g/mol. The van der Waals surface area contributed by atoms with E-state index in [4.69, 9.17) is 0 Å². The van der Waals surface area contributed by atoms with Crippen molar-refractivity contribution in [3.05, 3.63) is 18.0 Å². The number of aromatic nitrogens is 2. The quantitative estimate of drug-likeness (QED) is 0.356. The van der Waals surface area contributed by atoms with Gasteiger partial charge in [0.2, 0.25) is 0 Å². The minimum atomic E-state index is 0. The molecule has 3 N–H and O–H groups in total. The van der Waals surface area contributed by atoms with Crippen LogP contribution < -0.4 is 10.6 Å². The summed E-state index contributed by atoms with van der Waals surface area (Å²) < 4.78 is 0. The fourth-order valence-corrected chi connectivity index (χ4v) is 3.20. The third kappa shape index (κ3) is 6.96. The van der Waals surface area contributed by atoms with Crippen molar-refractivity contribution in [1.82, 2.24) is 25.7 Å². The summed E-state index contributed by atoms with van der Waals surface area (Å²) in [7, 11) is 1.82. The van der Waals surface area contributed by atoms with E-state index >= 15 is 0 Å². The van der Waals surface area contributed by atoms with Crippen molar-refractivity contribution < 1.29 is 0 Å². The highest BCUT2D eigenvalue weighted by atomic mass is 127. The van der Waals surface area contributed by atoms with E-state index in [1.807, 2.05) is 13.1 Å². The molecule has 6 nitrogen and oxygen atoms in total. The predicted molar refractivity (Wildman–Crippen MR) is 111 cm³/mol. The second-order valence-corrected chi connectivity index (χ2v) is 6.65. The van der Waals surface area contributed by atoms with Crippen LogP contribution in [0.15, 0.2) is 17.3 Å². The van der Waals surface area contributed by atoms with Crippen LogP contribution in [-0.2, 0) is 6.54 Å². The van der Waals surface area contributed by atoms with Crippen LogP contribution in [0.3, 0.4) is 0 Å². The van der Waals surface area contributed by atoms with Crippen molar-refractivity contribution in [2.45, 2.75) is 52.1 Å². The van der Waals surface area contributed by atoms with Gasteiger partial charge in [0.15, 0.2) is 5.96 Å². The summed E-state index contributed by atoms with van der Waals surface area (Å²) in [5, 5.41) is 13.7. The first-order chi connectivity index (χ1) is 11.2. The highest BCUT2D eigenvalue weighted by Gasteiger charge is 2.22. The zero-order valence-electron chi connectivity index (χ0n) is 15.2. The molecule has 0 saturated carbocycles. The number of hydrogen-bond acceptors (Lipinski definition) is 3. The van der Waals surface area contributed by atoms with Crippen molar-refractivity contribution >= 4 is 29.9 Å². The van der Waals surface area contributed by atoms with Gasteiger partial charge in [0.05, 0.1) is 12.2 Å². The summed E-state index contributed by atoms with van der Waals surface area (Å²) in [4.78, 5) is 6.98. The molecular formula is C17H33IN6. The maximum absolute atomic E-state index is 4.32. The lowest BCUT2D eigenvalue weighted by atomic mass is 10.0. The summed E-state index contributed by atoms with van der Waals surface area (Å²) >= 11 is 0. The first kappa shape index (κ1) is 21.2. The number of guanidine groups is 1. The Bertz CT molecular complexity index is 452. The van der Waals surface area contributed by atoms with Crippen LogP contribution in [0.4, 0.5) is 0 Å². The number of H-pyrrole nitrogens is 1. The second-order valence-electron chi connectivity index (χ2n) is 6.65. The Kier molecular flexibility index (Phi) is 10.3. The highest BCUT2D eigenvalue weighted by Crippen LogP contribution is 2.17. The molecule has 0 bridgehead atoms. The molecule has 7 heteroatoms. The molecule has 1 aromatic heterocycles. The average molecular weight is 448 g/mol. The molecule has 1 fully saturated rings. The normalized spacial score (nSPS) is 17.9. The van der Waals surface area contributed by atoms with E-state index in [2.05, 4.69) is 44.6 Å². The fourth-order valence-electron chi connectivity index (χ4n) is 3.20. The molecule has 0 aromatic carbocycles. The molecule has 2 rings (SSSR count). The van der Waals surface area contributed by atoms with E-state index < -0.39 is 0 Å². The first-order valence-electron chi connectivity index (χ1n) is 8.87. The maximum Gasteiger partial charge on any atom is 0.191 e. The first-order valence-corrected chi connectivity index (χ1v) is 8.87. The molecule has 0 spiro atoms. The topological polar surface area (TPSA) is 68.3 Å². The molecule has 1 unspecified atom stereocenters. The summed E-state index contributed by atoms with van der Waals surface area (Å²) in [5.41, 5.74) is 1.06. The van der Waals surface area contributed by atoms with E-state index in [1.165, 1.54) is 38.8 Å². The number of nitrogens with one attached hydrogen (secondary N) is 3. The van der Waals surface area contributed by atoms with Crippen molar-refractivity contribution in [3.63, 3.8) is 0 Å². The van der Waals surface area contributed by atoms with Gasteiger partial charge in [0, 0.05) is 25.8 Å². The molecule has 1 aliphatic heterocycles. The second kappa shape index (κ2) is 11.7. The zero-order valence-corrected chi connectivity index (χ0v) is 17.5. The average Bonchev–Trinajstić information content (AvgIpc) is 2.92. The molecule has 0 amide bonds. The SMILES string of the molecule is CN=C(NCc1ccn[nH]1)NCC(C(C)C)N1CCCCCC1.I. The van der Waals surface area contributed by atoms with Gasteiger partial charge in [-0.15, -0.1) is 24.0 Å². The molecule has 2 heterocycles. The summed E-state index contributed by atoms with van der Waals surface area (Å²) in [6, 6.07) is 2.52. The number of aliphatic imine (C=N–C) groups is 1. The van der Waals surface area contributed by atoms with Gasteiger partial charge in [-0.1, -0.05) is 26.7 Å². The van der Waals surface area contributed by atoms with Crippen LogP contribution in [0, 0.1) is 5.92 Å². The lowest BCUT2D eigenvalue weighted by molar-refractivity contribution is 0.161. The lowest BCUT2D eigenvalue weighted by Gasteiger charge is -2.34. The molecular weight excluding hydrogens is 415 g/mol. The van der Waals surface area contributed by atoms with Gasteiger partial charge in [-0.25, -0.2) is 0 Å². The van der Waals surface area contributed by atoms with E-state index in [9.17, 15) is 0 Å². The molecule has 1 aliphatic rings. The molecule has 1 saturated heterocycles. The molecule has 0 radical (unpaired) electrons. The van der Waals surface area contributed by atoms with Gasteiger partial charge in [-0.2, -0.15) is 5.10 Å². The fraction of sp³-hybridized carbons (Fsp3) is 0.765. The summed E-state index contributed by atoms with van der Waals surface area (Å²) in [5.74, 6) is 1.48. The van der Waals surface area contributed by atoms with Gasteiger partial charge in [0.25, 0.3) is 0 Å². The van der Waals surface area contributed by atoms with E-state index in [0.717, 1.165) is 18.2 Å². The third-order valence-electron chi connectivity index (χ3n) is 4.59. The number of hydrogen-bond donors (Lipinski definition) is 3. The standard InChI is InChI=1S/C17H32N6.HI/c1-14(2)16(23-10-6-4-5-7-11-23)13-20-17(18-3)19-12-15-8-9-21-22-15;/h8-9,14,16H,4-7,10-13H2,1-3H3,(H,21,22)(H2,18,19,20);1H. The maximum atomic E-state index is 4.32. The third-order valence-corrected chi connectivity index (χ3v) is 4.59. The van der Waals surface area contributed by atoms with Crippen LogP contribution in [0.25, 0.3) is 0 Å². The minimum absolute atomic E-state index is 0. The number of halogens is 1. The van der Waals surface area contributed by atoms with E-state index in [0.29, 0.717) is 18.5 Å². The predicted octanol–water partition coefficient (Wildman–Crippen LogP) is 2.59. The Morgan fingerprint density at radius 3 is 2.50 bits per heavy atom. The Morgan fingerprint density at radius 1 is 1.25 bits per heavy atom. The van der Waals surface area contributed by atoms with Crippen LogP contribution in [0.1, 0.15) is 45.2 Å². The minimum Gasteiger partial charge on any atom is -0.355 e. The zero-order chi connectivity index (χ0) is 16.5. The van der Waals surface area contributed by atoms with Gasteiger partial charge in [0.1, 0.15) is 0 Å². The number of likely N-dealkylation sites (tertiary alicyclic amines) is 1. The number of rotatable bonds is 6. The van der Waals surface area contributed by atoms with Crippen LogP contribution in [-0.4, -0.2) is 53.8 Å². The van der Waals surface area contributed by atoms with Crippen molar-refractivity contribution in [2.24, 2.45) is 10.9 Å². The van der Waals surface area contributed by atoms with Gasteiger partial charge < -0.3 is 10.6 Å². The van der Waals surface area contributed by atoms with Crippen molar-refractivity contribution in [2.75, 3.05) is 26.7 Å². The molecule has 24 heavy (non-hydrogen) atoms. The Balaban J connectivity index is 0.00000288. The van der Waals surface area contributed by atoms with Crippen LogP contribution in [0.5, 0.6) is 0 Å². The number of nitrogens with zero attached hydrogens (tertiary/aromatic N) is 3. The molecule has 0 aliphatic carbocycles. The van der Waals surface area contributed by atoms with Crippen LogP contribution in [0.2, 0.25) is 0 Å². The van der Waals surface area contributed by atoms with Crippen molar-refractivity contribution in [1.29, 1.82) is 0 Å². The van der Waals surface area contributed by atoms with Gasteiger partial charge >= 0.3 is 0 Å². The Hall–Kier alpha value is -0.830. The van der Waals surface area contributed by atoms with Crippen molar-refractivity contribution in [3.8, 4) is 0 Å². The summed E-state index contributed by atoms with van der Waals surface area (Å²) in [6.45, 7) is 8.72. The smallest absolute Gasteiger partial charge is 0.191 e. The van der Waals surface area contributed by atoms with Gasteiger partial charge in [-0.05, 0) is 37.9 Å². The lowest BCUT2D eigenvalue weighted by Crippen LogP contribution is -2.49.